The molecule has 2 rings (SSSR count). The van der Waals surface area contributed by atoms with E-state index in [0.29, 0.717) is 5.69 Å². The van der Waals surface area contributed by atoms with Crippen molar-refractivity contribution < 1.29 is 22.7 Å². The first-order valence-corrected chi connectivity index (χ1v) is 6.84. The summed E-state index contributed by atoms with van der Waals surface area (Å²) in [6.07, 6.45) is -4.39. The first-order valence-electron chi connectivity index (χ1n) is 6.84. The Bertz CT molecular complexity index is 670. The predicted molar refractivity (Wildman–Crippen MR) is 77.8 cm³/mol. The lowest BCUT2D eigenvalue weighted by atomic mass is 10.2. The van der Waals surface area contributed by atoms with Crippen molar-refractivity contribution in [3.05, 3.63) is 59.4 Å². The molecule has 1 amide bonds. The van der Waals surface area contributed by atoms with E-state index < -0.39 is 11.7 Å². The summed E-state index contributed by atoms with van der Waals surface area (Å²) in [5, 5.41) is 2.63. The van der Waals surface area contributed by atoms with Gasteiger partial charge in [0.15, 0.2) is 6.61 Å². The molecule has 122 valence electrons. The molecule has 0 aliphatic rings. The summed E-state index contributed by atoms with van der Waals surface area (Å²) in [5.41, 5.74) is 0.797. The summed E-state index contributed by atoms with van der Waals surface area (Å²) in [7, 11) is 0. The van der Waals surface area contributed by atoms with E-state index in [1.165, 1.54) is 12.1 Å². The standard InChI is InChI=1S/C16H15F3N2O2/c1-11-3-2-4-13(21-11)9-20-15(22)10-23-14-7-5-12(6-8-14)16(17,18)19/h2-8H,9-10H2,1H3,(H,20,22). The summed E-state index contributed by atoms with van der Waals surface area (Å²) < 4.78 is 42.4. The van der Waals surface area contributed by atoms with E-state index >= 15 is 0 Å². The Balaban J connectivity index is 1.80. The fraction of sp³-hybridized carbons (Fsp3) is 0.250. The number of halogens is 3. The molecule has 1 aromatic heterocycles. The van der Waals surface area contributed by atoms with Gasteiger partial charge in [0.2, 0.25) is 0 Å². The topological polar surface area (TPSA) is 51.2 Å². The monoisotopic (exact) mass is 324 g/mol. The first-order chi connectivity index (χ1) is 10.8. The molecule has 4 nitrogen and oxygen atoms in total. The summed E-state index contributed by atoms with van der Waals surface area (Å²) in [6, 6.07) is 9.63. The summed E-state index contributed by atoms with van der Waals surface area (Å²) in [4.78, 5) is 15.9. The molecule has 1 heterocycles. The highest BCUT2D eigenvalue weighted by Crippen LogP contribution is 2.30. The van der Waals surface area contributed by atoms with Crippen LogP contribution in [0.5, 0.6) is 5.75 Å². The molecular formula is C16H15F3N2O2. The van der Waals surface area contributed by atoms with Gasteiger partial charge in [0.25, 0.3) is 5.91 Å². The minimum Gasteiger partial charge on any atom is -0.484 e. The molecule has 0 unspecified atom stereocenters. The highest BCUT2D eigenvalue weighted by Gasteiger charge is 2.30. The van der Waals surface area contributed by atoms with Crippen LogP contribution in [0.25, 0.3) is 0 Å². The van der Waals surface area contributed by atoms with Crippen LogP contribution in [0.4, 0.5) is 13.2 Å². The van der Waals surface area contributed by atoms with Crippen molar-refractivity contribution in [2.45, 2.75) is 19.6 Å². The number of hydrogen-bond acceptors (Lipinski definition) is 3. The van der Waals surface area contributed by atoms with Crippen molar-refractivity contribution in [1.29, 1.82) is 0 Å². The fourth-order valence-corrected chi connectivity index (χ4v) is 1.83. The number of aryl methyl sites for hydroxylation is 1. The van der Waals surface area contributed by atoms with Crippen molar-refractivity contribution in [1.82, 2.24) is 10.3 Å². The molecule has 0 fully saturated rings. The molecule has 0 atom stereocenters. The lowest BCUT2D eigenvalue weighted by Gasteiger charge is -2.09. The molecule has 0 saturated carbocycles. The number of nitrogens with zero attached hydrogens (tertiary/aromatic N) is 1. The van der Waals surface area contributed by atoms with Crippen molar-refractivity contribution in [2.24, 2.45) is 0 Å². The lowest BCUT2D eigenvalue weighted by Crippen LogP contribution is -2.28. The maximum Gasteiger partial charge on any atom is 0.416 e. The number of benzene rings is 1. The Morgan fingerprint density at radius 2 is 1.87 bits per heavy atom. The Morgan fingerprint density at radius 3 is 2.48 bits per heavy atom. The third kappa shape index (κ3) is 5.28. The predicted octanol–water partition coefficient (Wildman–Crippen LogP) is 3.10. The number of alkyl halides is 3. The van der Waals surface area contributed by atoms with Crippen molar-refractivity contribution in [3.8, 4) is 5.75 Å². The smallest absolute Gasteiger partial charge is 0.416 e. The largest absolute Gasteiger partial charge is 0.484 e. The van der Waals surface area contributed by atoms with Gasteiger partial charge in [0.05, 0.1) is 17.8 Å². The number of rotatable bonds is 5. The molecule has 23 heavy (non-hydrogen) atoms. The average Bonchev–Trinajstić information content (AvgIpc) is 2.50. The minimum absolute atomic E-state index is 0.196. The van der Waals surface area contributed by atoms with Gasteiger partial charge in [-0.3, -0.25) is 9.78 Å². The van der Waals surface area contributed by atoms with Gasteiger partial charge in [-0.05, 0) is 43.3 Å². The van der Waals surface area contributed by atoms with Crippen LogP contribution in [0.1, 0.15) is 17.0 Å². The van der Waals surface area contributed by atoms with Gasteiger partial charge in [0.1, 0.15) is 5.75 Å². The second-order valence-corrected chi connectivity index (χ2v) is 4.86. The molecule has 1 aromatic carbocycles. The number of pyridine rings is 1. The SMILES string of the molecule is Cc1cccc(CNC(=O)COc2ccc(C(F)(F)F)cc2)n1. The second-order valence-electron chi connectivity index (χ2n) is 4.86. The van der Waals surface area contributed by atoms with Crippen LogP contribution in [-0.2, 0) is 17.5 Å². The summed E-state index contributed by atoms with van der Waals surface area (Å²) >= 11 is 0. The van der Waals surface area contributed by atoms with E-state index in [1.807, 2.05) is 19.1 Å². The number of nitrogens with one attached hydrogen (secondary N) is 1. The highest BCUT2D eigenvalue weighted by atomic mass is 19.4. The summed E-state index contributed by atoms with van der Waals surface area (Å²) in [6.45, 7) is 1.83. The number of carbonyl (C=O) groups excluding carboxylic acids is 1. The molecule has 0 bridgehead atoms. The molecule has 0 spiro atoms. The number of ether oxygens (including phenoxy) is 1. The van der Waals surface area contributed by atoms with Crippen molar-refractivity contribution >= 4 is 5.91 Å². The van der Waals surface area contributed by atoms with Crippen LogP contribution in [0.3, 0.4) is 0 Å². The van der Waals surface area contributed by atoms with E-state index in [4.69, 9.17) is 4.74 Å². The van der Waals surface area contributed by atoms with Gasteiger partial charge in [-0.15, -0.1) is 0 Å². The fourth-order valence-electron chi connectivity index (χ4n) is 1.83. The Morgan fingerprint density at radius 1 is 1.17 bits per heavy atom. The lowest BCUT2D eigenvalue weighted by molar-refractivity contribution is -0.137. The Hall–Kier alpha value is -2.57. The van der Waals surface area contributed by atoms with Gasteiger partial charge in [0, 0.05) is 5.69 Å². The molecule has 2 aromatic rings. The Kier molecular flexibility index (Phi) is 5.20. The summed E-state index contributed by atoms with van der Waals surface area (Å²) in [5.74, 6) is -0.185. The van der Waals surface area contributed by atoms with E-state index in [0.717, 1.165) is 17.8 Å². The molecule has 0 radical (unpaired) electrons. The first kappa shape index (κ1) is 16.8. The Labute approximate surface area is 131 Å². The van der Waals surface area contributed by atoms with Crippen LogP contribution in [0.15, 0.2) is 42.5 Å². The van der Waals surface area contributed by atoms with Gasteiger partial charge in [-0.2, -0.15) is 13.2 Å². The maximum atomic E-state index is 12.4. The van der Waals surface area contributed by atoms with Gasteiger partial charge >= 0.3 is 6.18 Å². The molecule has 0 aliphatic carbocycles. The zero-order chi connectivity index (χ0) is 16.9. The zero-order valence-electron chi connectivity index (χ0n) is 12.4. The number of aromatic nitrogens is 1. The van der Waals surface area contributed by atoms with Crippen LogP contribution in [0.2, 0.25) is 0 Å². The zero-order valence-corrected chi connectivity index (χ0v) is 12.4. The van der Waals surface area contributed by atoms with Gasteiger partial charge in [-0.1, -0.05) is 6.07 Å². The number of hydrogen-bond donors (Lipinski definition) is 1. The van der Waals surface area contributed by atoms with Gasteiger partial charge in [-0.25, -0.2) is 0 Å². The van der Waals surface area contributed by atoms with Gasteiger partial charge < -0.3 is 10.1 Å². The second kappa shape index (κ2) is 7.13. The third-order valence-electron chi connectivity index (χ3n) is 2.96. The van der Waals surface area contributed by atoms with E-state index in [9.17, 15) is 18.0 Å². The van der Waals surface area contributed by atoms with Crippen LogP contribution < -0.4 is 10.1 Å². The highest BCUT2D eigenvalue weighted by molar-refractivity contribution is 5.77. The normalized spacial score (nSPS) is 11.1. The van der Waals surface area contributed by atoms with E-state index in [2.05, 4.69) is 10.3 Å². The quantitative estimate of drug-likeness (QED) is 0.919. The van der Waals surface area contributed by atoms with Crippen LogP contribution in [-0.4, -0.2) is 17.5 Å². The average molecular weight is 324 g/mol. The van der Waals surface area contributed by atoms with E-state index in [1.54, 1.807) is 6.07 Å². The van der Waals surface area contributed by atoms with Crippen LogP contribution in [0, 0.1) is 6.92 Å². The minimum atomic E-state index is -4.39. The van der Waals surface area contributed by atoms with E-state index in [-0.39, 0.29) is 24.8 Å². The number of amides is 1. The maximum absolute atomic E-state index is 12.4. The molecular weight excluding hydrogens is 309 g/mol. The van der Waals surface area contributed by atoms with Crippen molar-refractivity contribution in [2.75, 3.05) is 6.61 Å². The third-order valence-corrected chi connectivity index (χ3v) is 2.96. The molecule has 0 saturated heterocycles. The van der Waals surface area contributed by atoms with Crippen molar-refractivity contribution in [3.63, 3.8) is 0 Å². The molecule has 0 aliphatic heterocycles. The molecule has 1 N–H and O–H groups in total. The molecule has 7 heteroatoms. The number of carbonyl (C=O) groups is 1. The van der Waals surface area contributed by atoms with Crippen LogP contribution >= 0.6 is 0 Å².